The zero-order valence-electron chi connectivity index (χ0n) is 22.5. The van der Waals surface area contributed by atoms with Crippen LogP contribution in [0.3, 0.4) is 0 Å². The molecule has 6 N–H and O–H groups in total. The topological polar surface area (TPSA) is 158 Å². The van der Waals surface area contributed by atoms with Crippen molar-refractivity contribution < 1.29 is 49.6 Å². The third-order valence-corrected chi connectivity index (χ3v) is 7.26. The molecule has 3 rings (SSSR count). The van der Waals surface area contributed by atoms with E-state index in [0.29, 0.717) is 24.2 Å². The van der Waals surface area contributed by atoms with Crippen molar-refractivity contribution in [2.75, 3.05) is 27.3 Å². The second-order valence-electron chi connectivity index (χ2n) is 10.0. The van der Waals surface area contributed by atoms with Gasteiger partial charge in [-0.2, -0.15) is 0 Å². The highest BCUT2D eigenvalue weighted by atomic mass is 16.6. The average molecular weight is 551 g/mol. The maximum Gasteiger partial charge on any atom is 0.200 e. The fraction of sp³-hybridized carbons (Fsp3) is 0.586. The fourth-order valence-electron chi connectivity index (χ4n) is 5.05. The van der Waals surface area contributed by atoms with Crippen LogP contribution >= 0.6 is 0 Å². The number of aromatic hydroxyl groups is 2. The number of phenols is 2. The number of aryl methyl sites for hydroxylation is 1. The van der Waals surface area contributed by atoms with Gasteiger partial charge in [0.05, 0.1) is 25.4 Å². The molecule has 0 spiro atoms. The van der Waals surface area contributed by atoms with Gasteiger partial charge in [0.25, 0.3) is 0 Å². The Balaban J connectivity index is 1.62. The van der Waals surface area contributed by atoms with Crippen molar-refractivity contribution >= 4 is 0 Å². The largest absolute Gasteiger partial charge is 0.504 e. The van der Waals surface area contributed by atoms with Crippen LogP contribution < -0.4 is 14.2 Å². The third-order valence-electron chi connectivity index (χ3n) is 7.26. The first-order chi connectivity index (χ1) is 18.9. The van der Waals surface area contributed by atoms with E-state index in [1.54, 1.807) is 12.1 Å². The summed E-state index contributed by atoms with van der Waals surface area (Å²) in [6.45, 7) is -1.46. The molecule has 0 radical (unpaired) electrons. The van der Waals surface area contributed by atoms with Crippen LogP contribution in [0.15, 0.2) is 30.3 Å². The second kappa shape index (κ2) is 15.7. The maximum absolute atomic E-state index is 11.0. The van der Waals surface area contributed by atoms with E-state index in [0.717, 1.165) is 31.2 Å². The lowest BCUT2D eigenvalue weighted by Gasteiger charge is -2.26. The molecule has 218 valence electrons. The summed E-state index contributed by atoms with van der Waals surface area (Å²) in [6.07, 6.45) is 5.55. The molecule has 1 saturated carbocycles. The van der Waals surface area contributed by atoms with Gasteiger partial charge in [0.1, 0.15) is 6.79 Å². The summed E-state index contributed by atoms with van der Waals surface area (Å²) in [5.41, 5.74) is 1.56. The van der Waals surface area contributed by atoms with Crippen LogP contribution in [0.2, 0.25) is 0 Å². The Morgan fingerprint density at radius 3 is 2.28 bits per heavy atom. The Morgan fingerprint density at radius 2 is 1.62 bits per heavy atom. The molecule has 2 aromatic carbocycles. The van der Waals surface area contributed by atoms with Crippen LogP contribution in [0.5, 0.6) is 28.7 Å². The van der Waals surface area contributed by atoms with E-state index >= 15 is 0 Å². The van der Waals surface area contributed by atoms with E-state index in [2.05, 4.69) is 0 Å². The van der Waals surface area contributed by atoms with Gasteiger partial charge < -0.3 is 49.6 Å². The predicted octanol–water partition coefficient (Wildman–Crippen LogP) is 3.02. The van der Waals surface area contributed by atoms with Gasteiger partial charge in [0, 0.05) is 12.5 Å². The van der Waals surface area contributed by atoms with Gasteiger partial charge >= 0.3 is 0 Å². The molecule has 1 fully saturated rings. The highest BCUT2D eigenvalue weighted by Gasteiger charge is 2.25. The van der Waals surface area contributed by atoms with Gasteiger partial charge in [0.15, 0.2) is 29.8 Å². The van der Waals surface area contributed by atoms with Gasteiger partial charge in [0.2, 0.25) is 5.75 Å². The molecule has 0 bridgehead atoms. The van der Waals surface area contributed by atoms with Crippen LogP contribution in [0.1, 0.15) is 56.1 Å². The second-order valence-corrected chi connectivity index (χ2v) is 10.0. The number of benzene rings is 2. The summed E-state index contributed by atoms with van der Waals surface area (Å²) in [7, 11) is 1.38. The molecule has 3 unspecified atom stereocenters. The molecule has 0 aliphatic heterocycles. The lowest BCUT2D eigenvalue weighted by atomic mass is 9.90. The van der Waals surface area contributed by atoms with Crippen molar-refractivity contribution in [2.45, 2.75) is 76.1 Å². The fourth-order valence-corrected chi connectivity index (χ4v) is 5.05. The minimum absolute atomic E-state index is 0.0280. The van der Waals surface area contributed by atoms with Crippen molar-refractivity contribution in [1.82, 2.24) is 0 Å². The molecule has 10 nitrogen and oxygen atoms in total. The molecule has 0 heterocycles. The van der Waals surface area contributed by atoms with Gasteiger partial charge in [-0.25, -0.2) is 0 Å². The summed E-state index contributed by atoms with van der Waals surface area (Å²) in [5.74, 6) is -0.0884. The van der Waals surface area contributed by atoms with Crippen molar-refractivity contribution in [2.24, 2.45) is 5.92 Å². The first-order valence-corrected chi connectivity index (χ1v) is 13.5. The number of aliphatic hydroxyl groups excluding tert-OH is 4. The van der Waals surface area contributed by atoms with Crippen molar-refractivity contribution in [3.05, 3.63) is 41.5 Å². The Kier molecular flexibility index (Phi) is 12.4. The number of hydrogen-bond acceptors (Lipinski definition) is 10. The Hall–Kier alpha value is -2.76. The Labute approximate surface area is 229 Å². The summed E-state index contributed by atoms with van der Waals surface area (Å²) in [6, 6.07) is 8.36. The normalized spacial score (nSPS) is 16.4. The van der Waals surface area contributed by atoms with Gasteiger partial charge in [-0.1, -0.05) is 12.5 Å². The molecule has 1 aliphatic rings. The quantitative estimate of drug-likeness (QED) is 0.172. The van der Waals surface area contributed by atoms with E-state index in [1.807, 2.05) is 12.1 Å². The number of rotatable bonds is 16. The Morgan fingerprint density at radius 1 is 0.897 bits per heavy atom. The van der Waals surface area contributed by atoms with Crippen LogP contribution in [-0.2, 0) is 17.6 Å². The van der Waals surface area contributed by atoms with E-state index < -0.39 is 31.7 Å². The molecule has 3 atom stereocenters. The maximum atomic E-state index is 11.0. The van der Waals surface area contributed by atoms with Crippen LogP contribution in [0.4, 0.5) is 0 Å². The number of phenolic OH excluding ortho intramolecular Hbond substituents is 2. The smallest absolute Gasteiger partial charge is 0.200 e. The lowest BCUT2D eigenvalue weighted by molar-refractivity contribution is -0.0765. The Bertz CT molecular complexity index is 1010. The lowest BCUT2D eigenvalue weighted by Crippen LogP contribution is -2.31. The minimum atomic E-state index is -0.960. The van der Waals surface area contributed by atoms with E-state index in [-0.39, 0.29) is 48.6 Å². The number of methoxy groups -OCH3 is 1. The van der Waals surface area contributed by atoms with E-state index in [4.69, 9.17) is 24.1 Å². The minimum Gasteiger partial charge on any atom is -0.504 e. The van der Waals surface area contributed by atoms with Crippen LogP contribution in [0, 0.1) is 5.92 Å². The molecule has 1 aliphatic carbocycles. The molecule has 10 heteroatoms. The predicted molar refractivity (Wildman–Crippen MR) is 143 cm³/mol. The third kappa shape index (κ3) is 9.15. The van der Waals surface area contributed by atoms with Crippen LogP contribution in [-0.4, -0.2) is 76.3 Å². The monoisotopic (exact) mass is 550 g/mol. The molecule has 0 amide bonds. The average Bonchev–Trinajstić information content (AvgIpc) is 2.94. The van der Waals surface area contributed by atoms with Gasteiger partial charge in [-0.05, 0) is 86.8 Å². The molecule has 39 heavy (non-hydrogen) atoms. The SMILES string of the molecule is COc1cc(CC(CO)C(O)CC(CCc2ccc(O)c(OC3CCCCC3)c2)OCO)cc(OCO)c1O. The molecular formula is C29H42O10. The number of hydrogen-bond donors (Lipinski definition) is 6. The van der Waals surface area contributed by atoms with E-state index in [9.17, 15) is 25.5 Å². The van der Waals surface area contributed by atoms with Gasteiger partial charge in [-0.15, -0.1) is 0 Å². The first-order valence-electron chi connectivity index (χ1n) is 13.5. The van der Waals surface area contributed by atoms with Crippen molar-refractivity contribution in [1.29, 1.82) is 0 Å². The van der Waals surface area contributed by atoms with Crippen molar-refractivity contribution in [3.63, 3.8) is 0 Å². The van der Waals surface area contributed by atoms with E-state index in [1.165, 1.54) is 19.6 Å². The zero-order valence-corrected chi connectivity index (χ0v) is 22.5. The molecular weight excluding hydrogens is 508 g/mol. The number of ether oxygens (including phenoxy) is 4. The summed E-state index contributed by atoms with van der Waals surface area (Å²) < 4.78 is 21.8. The standard InChI is InChI=1S/C29H42O10/c1-36-27-13-20(14-28(29(27)35)38-18-32)11-21(16-30)25(34)15-23(37-17-31)9-7-19-8-10-24(33)26(12-19)39-22-5-3-2-4-6-22/h8,10,12-14,21-23,25,30-35H,2-7,9,11,15-18H2,1H3. The first kappa shape index (κ1) is 30.8. The van der Waals surface area contributed by atoms with Gasteiger partial charge in [-0.3, -0.25) is 0 Å². The zero-order chi connectivity index (χ0) is 28.2. The highest BCUT2D eigenvalue weighted by Crippen LogP contribution is 2.38. The number of aliphatic hydroxyl groups is 4. The highest BCUT2D eigenvalue weighted by molar-refractivity contribution is 5.52. The summed E-state index contributed by atoms with van der Waals surface area (Å²) >= 11 is 0. The molecule has 0 saturated heterocycles. The van der Waals surface area contributed by atoms with Crippen molar-refractivity contribution in [3.8, 4) is 28.7 Å². The summed E-state index contributed by atoms with van der Waals surface area (Å²) in [5, 5.41) is 59.9. The van der Waals surface area contributed by atoms with Crippen LogP contribution in [0.25, 0.3) is 0 Å². The molecule has 0 aromatic heterocycles. The summed E-state index contributed by atoms with van der Waals surface area (Å²) in [4.78, 5) is 0. The molecule has 2 aromatic rings.